The van der Waals surface area contributed by atoms with Crippen molar-refractivity contribution in [2.75, 3.05) is 12.3 Å². The fourth-order valence-corrected chi connectivity index (χ4v) is 4.59. The van der Waals surface area contributed by atoms with Crippen molar-refractivity contribution in [1.29, 1.82) is 0 Å². The molecule has 1 aromatic carbocycles. The second-order valence-electron chi connectivity index (χ2n) is 5.99. The molecule has 1 saturated carbocycles. The third-order valence-corrected chi connectivity index (χ3v) is 5.55. The molecule has 124 valence electrons. The van der Waals surface area contributed by atoms with E-state index in [2.05, 4.69) is 37.9 Å². The van der Waals surface area contributed by atoms with Gasteiger partial charge in [0.1, 0.15) is 6.23 Å². The highest BCUT2D eigenvalue weighted by molar-refractivity contribution is 9.11. The largest absolute Gasteiger partial charge is 0.398 e. The number of hydrogen-bond acceptors (Lipinski definition) is 4. The maximum absolute atomic E-state index is 6.17. The summed E-state index contributed by atoms with van der Waals surface area (Å²) in [6, 6.07) is 4.10. The zero-order valence-corrected chi connectivity index (χ0v) is 16.2. The molecule has 1 aliphatic heterocycles. The molecule has 1 spiro atoms. The average molecular weight is 457 g/mol. The minimum atomic E-state index is -0.417. The Hall–Kier alpha value is 0.150. The van der Waals surface area contributed by atoms with Crippen molar-refractivity contribution in [2.45, 2.75) is 44.1 Å². The number of anilines is 1. The monoisotopic (exact) mass is 454 g/mol. The Morgan fingerprint density at radius 2 is 1.91 bits per heavy atom. The van der Waals surface area contributed by atoms with Crippen molar-refractivity contribution < 1.29 is 9.47 Å². The highest BCUT2D eigenvalue weighted by atomic mass is 79.9. The molecule has 1 atom stereocenters. The minimum absolute atomic E-state index is 0. The van der Waals surface area contributed by atoms with Crippen LogP contribution in [0.2, 0.25) is 0 Å². The quantitative estimate of drug-likeness (QED) is 0.661. The smallest absolute Gasteiger partial charge is 0.170 e. The Morgan fingerprint density at radius 3 is 2.50 bits per heavy atom. The van der Waals surface area contributed by atoms with Crippen LogP contribution in [-0.4, -0.2) is 18.6 Å². The lowest BCUT2D eigenvalue weighted by atomic mass is 9.81. The van der Waals surface area contributed by atoms with Gasteiger partial charge in [-0.2, -0.15) is 0 Å². The lowest BCUT2D eigenvalue weighted by Crippen LogP contribution is -2.37. The Kier molecular flexibility index (Phi) is 6.19. The molecule has 2 aliphatic rings. The highest BCUT2D eigenvalue weighted by Gasteiger charge is 2.43. The number of hydrogen-bond donors (Lipinski definition) is 2. The van der Waals surface area contributed by atoms with E-state index < -0.39 is 5.79 Å². The van der Waals surface area contributed by atoms with Gasteiger partial charge in [-0.05, 0) is 58.8 Å². The van der Waals surface area contributed by atoms with Crippen molar-refractivity contribution in [2.24, 2.45) is 11.7 Å². The number of nitrogen functional groups attached to an aromatic ring is 1. The first-order chi connectivity index (χ1) is 9.97. The molecule has 4 N–H and O–H groups in total. The second kappa shape index (κ2) is 7.36. The van der Waals surface area contributed by atoms with Gasteiger partial charge in [0.15, 0.2) is 5.79 Å². The fraction of sp³-hybridized carbons (Fsp3) is 0.600. The van der Waals surface area contributed by atoms with E-state index in [1.54, 1.807) is 0 Å². The van der Waals surface area contributed by atoms with Gasteiger partial charge in [0.25, 0.3) is 0 Å². The van der Waals surface area contributed by atoms with E-state index in [9.17, 15) is 0 Å². The van der Waals surface area contributed by atoms with E-state index in [1.807, 2.05) is 6.07 Å². The van der Waals surface area contributed by atoms with E-state index in [1.165, 1.54) is 5.56 Å². The molecular formula is C15H21Br2ClN2O2. The SMILES string of the molecule is Cl.Nc1c(Br)cc(Br)cc1CC1CCC2(CC1)OCC(N)O2. The van der Waals surface area contributed by atoms with Gasteiger partial charge in [0, 0.05) is 27.5 Å². The number of ether oxygens (including phenoxy) is 2. The van der Waals surface area contributed by atoms with E-state index in [4.69, 9.17) is 20.9 Å². The summed E-state index contributed by atoms with van der Waals surface area (Å²) in [5, 5.41) is 0. The summed E-state index contributed by atoms with van der Waals surface area (Å²) in [5.41, 5.74) is 14.0. The average Bonchev–Trinajstić information content (AvgIpc) is 2.79. The Bertz CT molecular complexity index is 537. The van der Waals surface area contributed by atoms with Crippen LogP contribution < -0.4 is 11.5 Å². The second-order valence-corrected chi connectivity index (χ2v) is 7.76. The predicted molar refractivity (Wildman–Crippen MR) is 96.9 cm³/mol. The normalized spacial score (nSPS) is 31.2. The standard InChI is InChI=1S/C15H20Br2N2O2.ClH/c16-11-6-10(14(19)12(17)7-11)5-9-1-3-15(4-2-9)20-8-13(18)21-15;/h6-7,9,13H,1-5,8,18-19H2;1H. The molecule has 1 aliphatic carbocycles. The molecule has 1 heterocycles. The highest BCUT2D eigenvalue weighted by Crippen LogP contribution is 2.41. The Morgan fingerprint density at radius 1 is 1.23 bits per heavy atom. The first-order valence-electron chi connectivity index (χ1n) is 7.28. The number of rotatable bonds is 2. The summed E-state index contributed by atoms with van der Waals surface area (Å²) in [5.74, 6) is 0.197. The van der Waals surface area contributed by atoms with Gasteiger partial charge in [-0.15, -0.1) is 12.4 Å². The molecule has 0 aromatic heterocycles. The van der Waals surface area contributed by atoms with Crippen LogP contribution in [0.25, 0.3) is 0 Å². The number of nitrogens with two attached hydrogens (primary N) is 2. The molecule has 1 saturated heterocycles. The fourth-order valence-electron chi connectivity index (χ4n) is 3.28. The zero-order valence-electron chi connectivity index (χ0n) is 12.2. The van der Waals surface area contributed by atoms with Crippen LogP contribution >= 0.6 is 44.3 Å². The van der Waals surface area contributed by atoms with Crippen LogP contribution in [0.5, 0.6) is 0 Å². The molecule has 0 radical (unpaired) electrons. The van der Waals surface area contributed by atoms with Gasteiger partial charge >= 0.3 is 0 Å². The van der Waals surface area contributed by atoms with Gasteiger partial charge in [0.2, 0.25) is 0 Å². The lowest BCUT2D eigenvalue weighted by molar-refractivity contribution is -0.191. The van der Waals surface area contributed by atoms with Crippen LogP contribution in [-0.2, 0) is 15.9 Å². The maximum Gasteiger partial charge on any atom is 0.170 e. The van der Waals surface area contributed by atoms with E-state index in [-0.39, 0.29) is 18.6 Å². The third-order valence-electron chi connectivity index (χ3n) is 4.43. The molecule has 7 heteroatoms. The number of halogens is 3. The predicted octanol–water partition coefficient (Wildman–Crippen LogP) is 3.98. The topological polar surface area (TPSA) is 70.5 Å². The van der Waals surface area contributed by atoms with Crippen molar-refractivity contribution in [3.8, 4) is 0 Å². The van der Waals surface area contributed by atoms with Crippen molar-refractivity contribution in [3.05, 3.63) is 26.6 Å². The van der Waals surface area contributed by atoms with Crippen molar-refractivity contribution in [3.63, 3.8) is 0 Å². The summed E-state index contributed by atoms with van der Waals surface area (Å²) in [6.07, 6.45) is 4.72. The molecule has 4 nitrogen and oxygen atoms in total. The molecule has 0 bridgehead atoms. The molecule has 0 amide bonds. The van der Waals surface area contributed by atoms with Crippen LogP contribution in [0.3, 0.4) is 0 Å². The molecule has 2 fully saturated rings. The van der Waals surface area contributed by atoms with Gasteiger partial charge in [0.05, 0.1) is 6.61 Å². The first kappa shape index (κ1) is 18.5. The lowest BCUT2D eigenvalue weighted by Gasteiger charge is -2.35. The molecule has 3 rings (SSSR count). The van der Waals surface area contributed by atoms with Gasteiger partial charge in [-0.3, -0.25) is 0 Å². The molecular weight excluding hydrogens is 435 g/mol. The summed E-state index contributed by atoms with van der Waals surface area (Å²) in [4.78, 5) is 0. The minimum Gasteiger partial charge on any atom is -0.398 e. The van der Waals surface area contributed by atoms with Crippen LogP contribution in [0.15, 0.2) is 21.1 Å². The van der Waals surface area contributed by atoms with Crippen molar-refractivity contribution >= 4 is 50.0 Å². The summed E-state index contributed by atoms with van der Waals surface area (Å²) in [6.45, 7) is 0.510. The Labute approximate surface area is 153 Å². The third kappa shape index (κ3) is 3.97. The van der Waals surface area contributed by atoms with Gasteiger partial charge in [-0.1, -0.05) is 15.9 Å². The Balaban J connectivity index is 0.00000176. The maximum atomic E-state index is 6.17. The zero-order chi connectivity index (χ0) is 15.0. The van der Waals surface area contributed by atoms with Crippen molar-refractivity contribution in [1.82, 2.24) is 0 Å². The van der Waals surface area contributed by atoms with Crippen LogP contribution in [0.4, 0.5) is 5.69 Å². The van der Waals surface area contributed by atoms with E-state index in [0.717, 1.165) is 46.7 Å². The summed E-state index contributed by atoms with van der Waals surface area (Å²) in [7, 11) is 0. The molecule has 22 heavy (non-hydrogen) atoms. The summed E-state index contributed by atoms with van der Waals surface area (Å²) >= 11 is 7.04. The van der Waals surface area contributed by atoms with Crippen LogP contribution in [0, 0.1) is 5.92 Å². The van der Waals surface area contributed by atoms with E-state index in [0.29, 0.717) is 12.5 Å². The summed E-state index contributed by atoms with van der Waals surface area (Å²) < 4.78 is 13.5. The van der Waals surface area contributed by atoms with Gasteiger partial charge in [-0.25, -0.2) is 0 Å². The van der Waals surface area contributed by atoms with Crippen LogP contribution in [0.1, 0.15) is 31.2 Å². The number of benzene rings is 1. The molecule has 1 aromatic rings. The molecule has 1 unspecified atom stereocenters. The first-order valence-corrected chi connectivity index (χ1v) is 8.87. The van der Waals surface area contributed by atoms with Gasteiger partial charge < -0.3 is 20.9 Å². The van der Waals surface area contributed by atoms with E-state index >= 15 is 0 Å².